The van der Waals surface area contributed by atoms with Crippen LogP contribution in [0.4, 0.5) is 0 Å². The zero-order valence-electron chi connectivity index (χ0n) is 8.79. The van der Waals surface area contributed by atoms with Crippen LogP contribution in [0.5, 0.6) is 0 Å². The van der Waals surface area contributed by atoms with Gasteiger partial charge in [-0.2, -0.15) is 0 Å². The van der Waals surface area contributed by atoms with Crippen LogP contribution in [-0.4, -0.2) is 11.1 Å². The molecule has 1 N–H and O–H groups in total. The molecule has 0 aromatic heterocycles. The van der Waals surface area contributed by atoms with Crippen LogP contribution in [0.15, 0.2) is 24.3 Å². The lowest BCUT2D eigenvalue weighted by Crippen LogP contribution is -2.02. The van der Waals surface area contributed by atoms with Gasteiger partial charge in [0.25, 0.3) is 0 Å². The minimum Gasteiger partial charge on any atom is -0.478 e. The highest BCUT2D eigenvalue weighted by Gasteiger charge is 2.15. The molecule has 2 nitrogen and oxygen atoms in total. The van der Waals surface area contributed by atoms with Gasteiger partial charge >= 0.3 is 5.97 Å². The second-order valence-corrected chi connectivity index (χ2v) is 3.98. The third-order valence-electron chi connectivity index (χ3n) is 2.79. The monoisotopic (exact) mass is 202 g/mol. The van der Waals surface area contributed by atoms with Gasteiger partial charge in [0.05, 0.1) is 5.56 Å². The molecular formula is C13H14O2. The Labute approximate surface area is 89.2 Å². The van der Waals surface area contributed by atoms with Crippen molar-refractivity contribution < 1.29 is 9.90 Å². The first-order chi connectivity index (χ1) is 7.18. The molecule has 0 radical (unpaired) electrons. The third-order valence-corrected chi connectivity index (χ3v) is 2.79. The fourth-order valence-electron chi connectivity index (χ4n) is 2.03. The zero-order chi connectivity index (χ0) is 10.8. The standard InChI is InChI=1S/C13H14O2/c1-9-6-7-11(10-4-2-3-5-10)12(8-9)13(14)15/h4,6-8H,2-3,5H2,1H3,(H,14,15). The van der Waals surface area contributed by atoms with Crippen LogP contribution >= 0.6 is 0 Å². The molecule has 2 rings (SSSR count). The van der Waals surface area contributed by atoms with Crippen LogP contribution in [0.25, 0.3) is 5.57 Å². The summed E-state index contributed by atoms with van der Waals surface area (Å²) in [5.41, 5.74) is 3.51. The van der Waals surface area contributed by atoms with Crippen molar-refractivity contribution in [1.29, 1.82) is 0 Å². The molecule has 2 heteroatoms. The average Bonchev–Trinajstić information content (AvgIpc) is 2.70. The molecule has 1 aromatic carbocycles. The number of allylic oxidation sites excluding steroid dienone is 2. The summed E-state index contributed by atoms with van der Waals surface area (Å²) in [4.78, 5) is 11.1. The molecule has 0 saturated heterocycles. The summed E-state index contributed by atoms with van der Waals surface area (Å²) in [5, 5.41) is 9.12. The highest BCUT2D eigenvalue weighted by molar-refractivity contribution is 5.94. The van der Waals surface area contributed by atoms with Gasteiger partial charge in [-0.15, -0.1) is 0 Å². The number of carboxylic acids is 1. The number of benzene rings is 1. The van der Waals surface area contributed by atoms with E-state index in [0.29, 0.717) is 5.56 Å². The van der Waals surface area contributed by atoms with E-state index in [2.05, 4.69) is 6.08 Å². The van der Waals surface area contributed by atoms with Crippen LogP contribution in [0.3, 0.4) is 0 Å². The predicted molar refractivity (Wildman–Crippen MR) is 60.0 cm³/mol. The van der Waals surface area contributed by atoms with E-state index < -0.39 is 5.97 Å². The summed E-state index contributed by atoms with van der Waals surface area (Å²) in [6.07, 6.45) is 5.37. The lowest BCUT2D eigenvalue weighted by Gasteiger charge is -2.07. The molecular weight excluding hydrogens is 188 g/mol. The van der Waals surface area contributed by atoms with Crippen molar-refractivity contribution in [1.82, 2.24) is 0 Å². The van der Waals surface area contributed by atoms with Crippen LogP contribution < -0.4 is 0 Å². The van der Waals surface area contributed by atoms with E-state index in [0.717, 1.165) is 30.4 Å². The van der Waals surface area contributed by atoms with Gasteiger partial charge in [0.2, 0.25) is 0 Å². The van der Waals surface area contributed by atoms with Crippen molar-refractivity contribution in [2.24, 2.45) is 0 Å². The van der Waals surface area contributed by atoms with E-state index in [1.54, 1.807) is 6.07 Å². The summed E-state index contributed by atoms with van der Waals surface area (Å²) >= 11 is 0. The molecule has 0 saturated carbocycles. The first-order valence-corrected chi connectivity index (χ1v) is 5.22. The van der Waals surface area contributed by atoms with E-state index in [1.165, 1.54) is 5.57 Å². The van der Waals surface area contributed by atoms with Crippen LogP contribution in [0, 0.1) is 6.92 Å². The van der Waals surface area contributed by atoms with Crippen LogP contribution in [-0.2, 0) is 0 Å². The summed E-state index contributed by atoms with van der Waals surface area (Å²) in [5.74, 6) is -0.832. The van der Waals surface area contributed by atoms with Gasteiger partial charge in [0, 0.05) is 0 Å². The first-order valence-electron chi connectivity index (χ1n) is 5.22. The quantitative estimate of drug-likeness (QED) is 0.799. The van der Waals surface area contributed by atoms with Crippen molar-refractivity contribution >= 4 is 11.5 Å². The van der Waals surface area contributed by atoms with E-state index in [9.17, 15) is 4.79 Å². The van der Waals surface area contributed by atoms with Gasteiger partial charge in [-0.1, -0.05) is 23.8 Å². The number of carbonyl (C=O) groups is 1. The summed E-state index contributed by atoms with van der Waals surface area (Å²) < 4.78 is 0. The van der Waals surface area contributed by atoms with Crippen LogP contribution in [0.2, 0.25) is 0 Å². The number of hydrogen-bond donors (Lipinski definition) is 1. The first kappa shape index (κ1) is 9.97. The Morgan fingerprint density at radius 3 is 2.80 bits per heavy atom. The topological polar surface area (TPSA) is 37.3 Å². The Balaban J connectivity index is 2.50. The molecule has 1 aromatic rings. The zero-order valence-corrected chi connectivity index (χ0v) is 8.79. The second-order valence-electron chi connectivity index (χ2n) is 3.98. The van der Waals surface area contributed by atoms with Gasteiger partial charge in [-0.3, -0.25) is 0 Å². The van der Waals surface area contributed by atoms with E-state index in [4.69, 9.17) is 5.11 Å². The SMILES string of the molecule is Cc1ccc(C2=CCCC2)c(C(=O)O)c1. The minimum atomic E-state index is -0.832. The maximum absolute atomic E-state index is 11.1. The Kier molecular flexibility index (Phi) is 2.58. The van der Waals surface area contributed by atoms with Crippen molar-refractivity contribution in [3.05, 3.63) is 41.0 Å². The van der Waals surface area contributed by atoms with Crippen LogP contribution in [0.1, 0.15) is 40.7 Å². The van der Waals surface area contributed by atoms with Crippen molar-refractivity contribution in [3.63, 3.8) is 0 Å². The second kappa shape index (κ2) is 3.89. The maximum Gasteiger partial charge on any atom is 0.336 e. The smallest absolute Gasteiger partial charge is 0.336 e. The molecule has 0 amide bonds. The average molecular weight is 202 g/mol. The molecule has 1 aliphatic rings. The molecule has 0 atom stereocenters. The molecule has 15 heavy (non-hydrogen) atoms. The number of carboxylic acid groups (broad SMARTS) is 1. The number of rotatable bonds is 2. The van der Waals surface area contributed by atoms with Crippen molar-refractivity contribution in [2.75, 3.05) is 0 Å². The van der Waals surface area contributed by atoms with Crippen molar-refractivity contribution in [2.45, 2.75) is 26.2 Å². The molecule has 0 heterocycles. The van der Waals surface area contributed by atoms with Gasteiger partial charge < -0.3 is 5.11 Å². The Bertz CT molecular complexity index is 430. The Morgan fingerprint density at radius 2 is 2.20 bits per heavy atom. The molecule has 0 spiro atoms. The molecule has 0 unspecified atom stereocenters. The fraction of sp³-hybridized carbons (Fsp3) is 0.308. The van der Waals surface area contributed by atoms with E-state index >= 15 is 0 Å². The normalized spacial score (nSPS) is 15.1. The summed E-state index contributed by atoms with van der Waals surface area (Å²) in [6, 6.07) is 5.65. The summed E-state index contributed by atoms with van der Waals surface area (Å²) in [7, 11) is 0. The lowest BCUT2D eigenvalue weighted by molar-refractivity contribution is 0.0696. The lowest BCUT2D eigenvalue weighted by atomic mass is 9.97. The molecule has 0 fully saturated rings. The number of aryl methyl sites for hydroxylation is 1. The number of aromatic carboxylic acids is 1. The third kappa shape index (κ3) is 1.94. The predicted octanol–water partition coefficient (Wildman–Crippen LogP) is 3.26. The molecule has 78 valence electrons. The van der Waals surface area contributed by atoms with Crippen molar-refractivity contribution in [3.8, 4) is 0 Å². The Hall–Kier alpha value is -1.57. The highest BCUT2D eigenvalue weighted by Crippen LogP contribution is 2.30. The van der Waals surface area contributed by atoms with Gasteiger partial charge in [-0.25, -0.2) is 4.79 Å². The highest BCUT2D eigenvalue weighted by atomic mass is 16.4. The molecule has 0 bridgehead atoms. The minimum absolute atomic E-state index is 0.433. The number of hydrogen-bond acceptors (Lipinski definition) is 1. The van der Waals surface area contributed by atoms with E-state index in [1.807, 2.05) is 19.1 Å². The fourth-order valence-corrected chi connectivity index (χ4v) is 2.03. The maximum atomic E-state index is 11.1. The largest absolute Gasteiger partial charge is 0.478 e. The van der Waals surface area contributed by atoms with E-state index in [-0.39, 0.29) is 0 Å². The summed E-state index contributed by atoms with van der Waals surface area (Å²) in [6.45, 7) is 1.92. The van der Waals surface area contributed by atoms with Gasteiger partial charge in [0.15, 0.2) is 0 Å². The molecule has 0 aliphatic heterocycles. The van der Waals surface area contributed by atoms with Gasteiger partial charge in [0.1, 0.15) is 0 Å². The Morgan fingerprint density at radius 1 is 1.40 bits per heavy atom. The molecule has 1 aliphatic carbocycles. The van der Waals surface area contributed by atoms with Gasteiger partial charge in [-0.05, 0) is 43.4 Å².